The Morgan fingerprint density at radius 3 is 2.83 bits per heavy atom. The predicted molar refractivity (Wildman–Crippen MR) is 68.6 cm³/mol. The molecule has 18 heavy (non-hydrogen) atoms. The fourth-order valence-electron chi connectivity index (χ4n) is 1.53. The summed E-state index contributed by atoms with van der Waals surface area (Å²) in [6.07, 6.45) is 1.41. The number of rotatable bonds is 2. The second-order valence-electron chi connectivity index (χ2n) is 3.51. The highest BCUT2D eigenvalue weighted by molar-refractivity contribution is 9.10. The Bertz CT molecular complexity index is 637. The lowest BCUT2D eigenvalue weighted by Crippen LogP contribution is -1.93. The van der Waals surface area contributed by atoms with Crippen molar-refractivity contribution >= 4 is 15.9 Å². The van der Waals surface area contributed by atoms with E-state index < -0.39 is 0 Å². The number of hydrogen-bond donors (Lipinski definition) is 0. The summed E-state index contributed by atoms with van der Waals surface area (Å²) in [4.78, 5) is 4.09. The van der Waals surface area contributed by atoms with E-state index in [0.29, 0.717) is 22.6 Å². The molecule has 1 aromatic carbocycles. The SMILES string of the molecule is COc1cnc(-c2cc(Br)ccc2F)cc1C#N. The molecule has 3 nitrogen and oxygen atoms in total. The summed E-state index contributed by atoms with van der Waals surface area (Å²) in [6.45, 7) is 0. The number of nitriles is 1. The number of benzene rings is 1. The number of hydrogen-bond acceptors (Lipinski definition) is 3. The van der Waals surface area contributed by atoms with Crippen molar-refractivity contribution in [3.05, 3.63) is 46.3 Å². The van der Waals surface area contributed by atoms with E-state index in [-0.39, 0.29) is 5.82 Å². The molecule has 0 N–H and O–H groups in total. The second-order valence-corrected chi connectivity index (χ2v) is 4.42. The van der Waals surface area contributed by atoms with Gasteiger partial charge in [-0.25, -0.2) is 4.39 Å². The van der Waals surface area contributed by atoms with Crippen LogP contribution in [-0.2, 0) is 0 Å². The quantitative estimate of drug-likeness (QED) is 0.852. The van der Waals surface area contributed by atoms with E-state index in [0.717, 1.165) is 4.47 Å². The fourth-order valence-corrected chi connectivity index (χ4v) is 1.90. The molecule has 0 saturated carbocycles. The van der Waals surface area contributed by atoms with Crippen molar-refractivity contribution in [3.8, 4) is 23.1 Å². The molecule has 0 fully saturated rings. The van der Waals surface area contributed by atoms with Crippen LogP contribution >= 0.6 is 15.9 Å². The topological polar surface area (TPSA) is 45.9 Å². The molecule has 0 saturated heterocycles. The first-order chi connectivity index (χ1) is 8.65. The summed E-state index contributed by atoms with van der Waals surface area (Å²) in [5.74, 6) is -0.0172. The maximum atomic E-state index is 13.7. The zero-order valence-corrected chi connectivity index (χ0v) is 11.0. The highest BCUT2D eigenvalue weighted by Crippen LogP contribution is 2.27. The van der Waals surface area contributed by atoms with Crippen LogP contribution in [0.25, 0.3) is 11.3 Å². The molecule has 0 amide bonds. The first kappa shape index (κ1) is 12.5. The Kier molecular flexibility index (Phi) is 3.58. The third-order valence-corrected chi connectivity index (χ3v) is 2.91. The number of methoxy groups -OCH3 is 1. The van der Waals surface area contributed by atoms with Gasteiger partial charge in [-0.2, -0.15) is 5.26 Å². The van der Waals surface area contributed by atoms with E-state index in [1.807, 2.05) is 6.07 Å². The lowest BCUT2D eigenvalue weighted by Gasteiger charge is -2.06. The minimum Gasteiger partial charge on any atom is -0.494 e. The molecule has 0 bridgehead atoms. The molecule has 0 spiro atoms. The zero-order valence-electron chi connectivity index (χ0n) is 9.45. The molecule has 0 aliphatic carbocycles. The Morgan fingerprint density at radius 2 is 2.17 bits per heavy atom. The summed E-state index contributed by atoms with van der Waals surface area (Å²) in [5, 5.41) is 8.98. The van der Waals surface area contributed by atoms with Gasteiger partial charge in [0.05, 0.1) is 24.6 Å². The summed E-state index contributed by atoms with van der Waals surface area (Å²) < 4.78 is 19.4. The largest absolute Gasteiger partial charge is 0.494 e. The van der Waals surface area contributed by atoms with Gasteiger partial charge in [-0.1, -0.05) is 15.9 Å². The van der Waals surface area contributed by atoms with Crippen molar-refractivity contribution in [2.45, 2.75) is 0 Å². The van der Waals surface area contributed by atoms with Gasteiger partial charge in [-0.15, -0.1) is 0 Å². The van der Waals surface area contributed by atoms with Crippen LogP contribution in [0, 0.1) is 17.1 Å². The monoisotopic (exact) mass is 306 g/mol. The molecule has 5 heteroatoms. The number of halogens is 2. The van der Waals surface area contributed by atoms with E-state index in [4.69, 9.17) is 10.00 Å². The molecule has 0 unspecified atom stereocenters. The zero-order chi connectivity index (χ0) is 13.1. The molecule has 2 aromatic rings. The Morgan fingerprint density at radius 1 is 1.39 bits per heavy atom. The Labute approximate surface area is 112 Å². The van der Waals surface area contributed by atoms with Crippen LogP contribution < -0.4 is 4.74 Å². The molecule has 0 aliphatic rings. The van der Waals surface area contributed by atoms with Crippen molar-refractivity contribution in [1.29, 1.82) is 5.26 Å². The Balaban J connectivity index is 2.58. The Hall–Kier alpha value is -1.93. The molecule has 0 aliphatic heterocycles. The minimum absolute atomic E-state index is 0.321. The number of ether oxygens (including phenoxy) is 1. The molecular formula is C13H8BrFN2O. The second kappa shape index (κ2) is 5.15. The molecule has 90 valence electrons. The molecular weight excluding hydrogens is 299 g/mol. The first-order valence-corrected chi connectivity index (χ1v) is 5.84. The number of pyridine rings is 1. The first-order valence-electron chi connectivity index (χ1n) is 5.05. The maximum absolute atomic E-state index is 13.7. The number of aromatic nitrogens is 1. The molecule has 0 radical (unpaired) electrons. The van der Waals surface area contributed by atoms with Crippen LogP contribution in [0.1, 0.15) is 5.56 Å². The summed E-state index contributed by atoms with van der Waals surface area (Å²) in [5.41, 5.74) is 1.05. The van der Waals surface area contributed by atoms with E-state index in [2.05, 4.69) is 20.9 Å². The van der Waals surface area contributed by atoms with Crippen LogP contribution in [0.3, 0.4) is 0 Å². The van der Waals surface area contributed by atoms with Gasteiger partial charge in [0.1, 0.15) is 11.9 Å². The van der Waals surface area contributed by atoms with Crippen molar-refractivity contribution in [2.24, 2.45) is 0 Å². The molecule has 1 heterocycles. The van der Waals surface area contributed by atoms with Gasteiger partial charge in [0.15, 0.2) is 5.75 Å². The van der Waals surface area contributed by atoms with Gasteiger partial charge >= 0.3 is 0 Å². The van der Waals surface area contributed by atoms with E-state index in [1.54, 1.807) is 12.1 Å². The van der Waals surface area contributed by atoms with Gasteiger partial charge in [0, 0.05) is 10.0 Å². The van der Waals surface area contributed by atoms with Crippen LogP contribution in [0.4, 0.5) is 4.39 Å². The van der Waals surface area contributed by atoms with Crippen LogP contribution in [0.5, 0.6) is 5.75 Å². The van der Waals surface area contributed by atoms with Crippen molar-refractivity contribution < 1.29 is 9.13 Å². The van der Waals surface area contributed by atoms with Gasteiger partial charge in [0.2, 0.25) is 0 Å². The molecule has 0 atom stereocenters. The fraction of sp³-hybridized carbons (Fsp3) is 0.0769. The van der Waals surface area contributed by atoms with Gasteiger partial charge in [-0.05, 0) is 24.3 Å². The average molecular weight is 307 g/mol. The van der Waals surface area contributed by atoms with E-state index >= 15 is 0 Å². The third kappa shape index (κ3) is 2.34. The van der Waals surface area contributed by atoms with Crippen molar-refractivity contribution in [1.82, 2.24) is 4.98 Å². The average Bonchev–Trinajstić information content (AvgIpc) is 2.40. The van der Waals surface area contributed by atoms with Crippen LogP contribution in [0.2, 0.25) is 0 Å². The normalized spacial score (nSPS) is 9.89. The summed E-state index contributed by atoms with van der Waals surface area (Å²) >= 11 is 3.27. The minimum atomic E-state index is -0.389. The highest BCUT2D eigenvalue weighted by Gasteiger charge is 2.10. The lowest BCUT2D eigenvalue weighted by molar-refractivity contribution is 0.411. The lowest BCUT2D eigenvalue weighted by atomic mass is 10.1. The summed E-state index contributed by atoms with van der Waals surface area (Å²) in [7, 11) is 1.46. The smallest absolute Gasteiger partial charge is 0.154 e. The van der Waals surface area contributed by atoms with Gasteiger partial charge in [-0.3, -0.25) is 4.98 Å². The summed E-state index contributed by atoms with van der Waals surface area (Å²) in [6, 6.07) is 8.06. The van der Waals surface area contributed by atoms with E-state index in [1.165, 1.54) is 25.4 Å². The molecule has 2 rings (SSSR count). The highest BCUT2D eigenvalue weighted by atomic mass is 79.9. The van der Waals surface area contributed by atoms with Gasteiger partial charge in [0.25, 0.3) is 0 Å². The molecule has 1 aromatic heterocycles. The third-order valence-electron chi connectivity index (χ3n) is 2.41. The van der Waals surface area contributed by atoms with Gasteiger partial charge < -0.3 is 4.74 Å². The maximum Gasteiger partial charge on any atom is 0.154 e. The predicted octanol–water partition coefficient (Wildman–Crippen LogP) is 3.53. The number of nitrogens with zero attached hydrogens (tertiary/aromatic N) is 2. The standard InChI is InChI=1S/C13H8BrFN2O/c1-18-13-7-17-12(4-8(13)6-16)10-5-9(14)2-3-11(10)15/h2-5,7H,1H3. The van der Waals surface area contributed by atoms with Crippen LogP contribution in [0.15, 0.2) is 34.9 Å². The van der Waals surface area contributed by atoms with Crippen LogP contribution in [-0.4, -0.2) is 12.1 Å². The van der Waals surface area contributed by atoms with Crippen molar-refractivity contribution in [3.63, 3.8) is 0 Å². The van der Waals surface area contributed by atoms with E-state index in [9.17, 15) is 4.39 Å². The van der Waals surface area contributed by atoms with Crippen molar-refractivity contribution in [2.75, 3.05) is 7.11 Å².